The van der Waals surface area contributed by atoms with Crippen molar-refractivity contribution < 1.29 is 30.0 Å². The van der Waals surface area contributed by atoms with Crippen molar-refractivity contribution in [3.8, 4) is 11.8 Å². The van der Waals surface area contributed by atoms with Gasteiger partial charge in [-0.25, -0.2) is 0 Å². The molecule has 0 rings (SSSR count). The van der Waals surface area contributed by atoms with E-state index in [1.54, 1.807) is 13.8 Å². The molecule has 0 bridgehead atoms. The van der Waals surface area contributed by atoms with Gasteiger partial charge in [0.15, 0.2) is 0 Å². The molecule has 0 saturated heterocycles. The van der Waals surface area contributed by atoms with Gasteiger partial charge in [0.25, 0.3) is 0 Å². The SMILES string of the molecule is CCC(=O)O.CCC(=O)O.OCC#CCO. The maximum Gasteiger partial charge on any atom is 0.303 e. The van der Waals surface area contributed by atoms with Gasteiger partial charge in [0.05, 0.1) is 0 Å². The minimum absolute atomic E-state index is 0.166. The number of aliphatic carboxylic acids is 2. The molecule has 6 nitrogen and oxygen atoms in total. The summed E-state index contributed by atoms with van der Waals surface area (Å²) in [7, 11) is 0. The monoisotopic (exact) mass is 234 g/mol. The molecule has 0 aliphatic carbocycles. The van der Waals surface area contributed by atoms with Crippen LogP contribution in [0.15, 0.2) is 0 Å². The maximum absolute atomic E-state index is 9.37. The second-order valence-electron chi connectivity index (χ2n) is 2.16. The first-order valence-corrected chi connectivity index (χ1v) is 4.57. The topological polar surface area (TPSA) is 115 Å². The van der Waals surface area contributed by atoms with Crippen LogP contribution in [0.5, 0.6) is 0 Å². The van der Waals surface area contributed by atoms with Crippen LogP contribution in [0.3, 0.4) is 0 Å². The molecule has 0 amide bonds. The minimum Gasteiger partial charge on any atom is -0.481 e. The fourth-order valence-corrected chi connectivity index (χ4v) is 0.112. The molecule has 0 saturated carbocycles. The van der Waals surface area contributed by atoms with Crippen molar-refractivity contribution in [2.24, 2.45) is 0 Å². The largest absolute Gasteiger partial charge is 0.481 e. The molecule has 0 aliphatic heterocycles. The third-order valence-corrected chi connectivity index (χ3v) is 0.888. The summed E-state index contributed by atoms with van der Waals surface area (Å²) in [6.07, 6.45) is 0.444. The Morgan fingerprint density at radius 1 is 0.875 bits per heavy atom. The fraction of sp³-hybridized carbons (Fsp3) is 0.600. The number of hydrogen-bond donors (Lipinski definition) is 4. The van der Waals surface area contributed by atoms with Gasteiger partial charge < -0.3 is 20.4 Å². The molecule has 0 fully saturated rings. The lowest BCUT2D eigenvalue weighted by molar-refractivity contribution is -0.137. The number of carboxylic acid groups (broad SMARTS) is 2. The van der Waals surface area contributed by atoms with Crippen molar-refractivity contribution in [3.63, 3.8) is 0 Å². The molecule has 0 heterocycles. The second-order valence-corrected chi connectivity index (χ2v) is 2.16. The van der Waals surface area contributed by atoms with Crippen LogP contribution in [0.4, 0.5) is 0 Å². The quantitative estimate of drug-likeness (QED) is 0.497. The Morgan fingerprint density at radius 3 is 1.12 bits per heavy atom. The van der Waals surface area contributed by atoms with E-state index >= 15 is 0 Å². The first-order chi connectivity index (χ1) is 7.45. The normalized spacial score (nSPS) is 7.00. The highest BCUT2D eigenvalue weighted by atomic mass is 16.4. The average molecular weight is 234 g/mol. The predicted octanol–water partition coefficient (Wildman–Crippen LogP) is -0.0636. The molecule has 0 radical (unpaired) electrons. The van der Waals surface area contributed by atoms with Crippen LogP contribution < -0.4 is 0 Å². The molecule has 6 heteroatoms. The minimum atomic E-state index is -0.745. The number of hydrogen-bond acceptors (Lipinski definition) is 4. The molecular formula is C10H18O6. The Hall–Kier alpha value is -1.58. The summed E-state index contributed by atoms with van der Waals surface area (Å²) in [6.45, 7) is 2.87. The van der Waals surface area contributed by atoms with Crippen molar-refractivity contribution in [1.29, 1.82) is 0 Å². The number of carboxylic acids is 2. The zero-order chi connectivity index (χ0) is 13.4. The summed E-state index contributed by atoms with van der Waals surface area (Å²) in [5.74, 6) is 3.02. The van der Waals surface area contributed by atoms with E-state index in [9.17, 15) is 9.59 Å². The zero-order valence-corrected chi connectivity index (χ0v) is 9.43. The van der Waals surface area contributed by atoms with E-state index in [0.717, 1.165) is 0 Å². The second kappa shape index (κ2) is 19.1. The Labute approximate surface area is 94.5 Å². The van der Waals surface area contributed by atoms with Crippen molar-refractivity contribution >= 4 is 11.9 Å². The van der Waals surface area contributed by atoms with Crippen molar-refractivity contribution in [2.75, 3.05) is 13.2 Å². The van der Waals surface area contributed by atoms with Crippen LogP contribution in [-0.4, -0.2) is 45.6 Å². The van der Waals surface area contributed by atoms with Crippen molar-refractivity contribution in [2.45, 2.75) is 26.7 Å². The van der Waals surface area contributed by atoms with E-state index in [4.69, 9.17) is 20.4 Å². The van der Waals surface area contributed by atoms with Crippen LogP contribution in [-0.2, 0) is 9.59 Å². The molecule has 0 unspecified atom stereocenters. The summed E-state index contributed by atoms with van der Waals surface area (Å²) in [6, 6.07) is 0. The highest BCUT2D eigenvalue weighted by Crippen LogP contribution is 1.67. The molecule has 94 valence electrons. The summed E-state index contributed by atoms with van der Waals surface area (Å²) >= 11 is 0. The summed E-state index contributed by atoms with van der Waals surface area (Å²) in [5, 5.41) is 31.3. The highest BCUT2D eigenvalue weighted by Gasteiger charge is 1.81. The van der Waals surface area contributed by atoms with Gasteiger partial charge in [-0.15, -0.1) is 0 Å². The van der Waals surface area contributed by atoms with Gasteiger partial charge in [0, 0.05) is 12.8 Å². The number of aliphatic hydroxyl groups excluding tert-OH is 2. The van der Waals surface area contributed by atoms with Gasteiger partial charge in [-0.1, -0.05) is 25.7 Å². The van der Waals surface area contributed by atoms with Gasteiger partial charge in [0.1, 0.15) is 13.2 Å². The average Bonchev–Trinajstić information content (AvgIpc) is 2.27. The summed E-state index contributed by atoms with van der Waals surface area (Å²) < 4.78 is 0. The molecule has 0 aromatic rings. The van der Waals surface area contributed by atoms with E-state index in [1.165, 1.54) is 0 Å². The Kier molecular flexibility index (Phi) is 23.7. The first kappa shape index (κ1) is 19.9. The number of aliphatic hydroxyl groups is 2. The standard InChI is InChI=1S/C4H6O2.2C3H6O2/c5-3-1-2-4-6;2*1-2-3(4)5/h5-6H,3-4H2;2*2H2,1H3,(H,4,5). The molecule has 0 aliphatic rings. The van der Waals surface area contributed by atoms with Crippen molar-refractivity contribution in [1.82, 2.24) is 0 Å². The van der Waals surface area contributed by atoms with Gasteiger partial charge in [-0.2, -0.15) is 0 Å². The zero-order valence-electron chi connectivity index (χ0n) is 9.43. The Bertz CT molecular complexity index is 203. The van der Waals surface area contributed by atoms with Crippen molar-refractivity contribution in [3.05, 3.63) is 0 Å². The van der Waals surface area contributed by atoms with Gasteiger partial charge >= 0.3 is 11.9 Å². The van der Waals surface area contributed by atoms with Crippen LogP contribution in [0.2, 0.25) is 0 Å². The third kappa shape index (κ3) is 55.1. The lowest BCUT2D eigenvalue weighted by Gasteiger charge is -1.71. The molecule has 0 atom stereocenters. The molecule has 0 spiro atoms. The highest BCUT2D eigenvalue weighted by molar-refractivity contribution is 5.66. The van der Waals surface area contributed by atoms with E-state index in [2.05, 4.69) is 11.8 Å². The summed E-state index contributed by atoms with van der Waals surface area (Å²) in [4.78, 5) is 18.7. The number of rotatable bonds is 2. The Balaban J connectivity index is -0.000000160. The fourth-order valence-electron chi connectivity index (χ4n) is 0.112. The third-order valence-electron chi connectivity index (χ3n) is 0.888. The van der Waals surface area contributed by atoms with E-state index in [0.29, 0.717) is 0 Å². The Morgan fingerprint density at radius 2 is 1.06 bits per heavy atom. The van der Waals surface area contributed by atoms with Crippen LogP contribution in [0, 0.1) is 11.8 Å². The molecular weight excluding hydrogens is 216 g/mol. The van der Waals surface area contributed by atoms with E-state index in [-0.39, 0.29) is 26.1 Å². The molecule has 0 aromatic heterocycles. The van der Waals surface area contributed by atoms with Gasteiger partial charge in [-0.05, 0) is 0 Å². The van der Waals surface area contributed by atoms with E-state index in [1.807, 2.05) is 0 Å². The maximum atomic E-state index is 9.37. The summed E-state index contributed by atoms with van der Waals surface area (Å²) in [5.41, 5.74) is 0. The van der Waals surface area contributed by atoms with Crippen LogP contribution >= 0.6 is 0 Å². The van der Waals surface area contributed by atoms with Crippen LogP contribution in [0.25, 0.3) is 0 Å². The number of carbonyl (C=O) groups is 2. The van der Waals surface area contributed by atoms with E-state index < -0.39 is 11.9 Å². The predicted molar refractivity (Wildman–Crippen MR) is 57.8 cm³/mol. The molecule has 16 heavy (non-hydrogen) atoms. The van der Waals surface area contributed by atoms with Gasteiger partial charge in [0.2, 0.25) is 0 Å². The first-order valence-electron chi connectivity index (χ1n) is 4.57. The smallest absolute Gasteiger partial charge is 0.303 e. The molecule has 0 aromatic carbocycles. The lowest BCUT2D eigenvalue weighted by Crippen LogP contribution is -1.86. The van der Waals surface area contributed by atoms with Gasteiger partial charge in [-0.3, -0.25) is 9.59 Å². The molecule has 4 N–H and O–H groups in total. The van der Waals surface area contributed by atoms with Crippen LogP contribution in [0.1, 0.15) is 26.7 Å². The lowest BCUT2D eigenvalue weighted by atomic mass is 10.5.